The van der Waals surface area contributed by atoms with Gasteiger partial charge in [0, 0.05) is 29.8 Å². The third-order valence-corrected chi connectivity index (χ3v) is 3.50. The van der Waals surface area contributed by atoms with E-state index in [1.807, 2.05) is 23.1 Å². The molecule has 0 bridgehead atoms. The lowest BCUT2D eigenvalue weighted by molar-refractivity contribution is 0.0994. The SMILES string of the molecule is CC(C)n1cc(-c2ccc3c(c2)C(=O)CC3)cn1. The minimum atomic E-state index is 0.267. The van der Waals surface area contributed by atoms with Crippen molar-refractivity contribution in [2.24, 2.45) is 0 Å². The highest BCUT2D eigenvalue weighted by Gasteiger charge is 2.19. The molecule has 0 spiro atoms. The largest absolute Gasteiger partial charge is 0.294 e. The monoisotopic (exact) mass is 240 g/mol. The number of aromatic nitrogens is 2. The molecule has 2 aromatic rings. The number of Topliss-reactive ketones (excluding diaryl/α,β-unsaturated/α-hetero) is 1. The van der Waals surface area contributed by atoms with Crippen LogP contribution in [0.15, 0.2) is 30.6 Å². The molecule has 1 aromatic carbocycles. The quantitative estimate of drug-likeness (QED) is 0.807. The Morgan fingerprint density at radius 3 is 2.78 bits per heavy atom. The van der Waals surface area contributed by atoms with E-state index in [2.05, 4.69) is 31.1 Å². The summed E-state index contributed by atoms with van der Waals surface area (Å²) in [6, 6.07) is 6.52. The van der Waals surface area contributed by atoms with Crippen LogP contribution in [0.1, 0.15) is 42.2 Å². The number of fused-ring (bicyclic) bond motifs is 1. The second kappa shape index (κ2) is 4.09. The minimum Gasteiger partial charge on any atom is -0.294 e. The Hall–Kier alpha value is -1.90. The number of rotatable bonds is 2. The van der Waals surface area contributed by atoms with Crippen molar-refractivity contribution in [1.29, 1.82) is 0 Å². The molecule has 1 aliphatic rings. The minimum absolute atomic E-state index is 0.267. The van der Waals surface area contributed by atoms with Crippen LogP contribution in [0.2, 0.25) is 0 Å². The first-order chi connectivity index (χ1) is 8.65. The number of hydrogen-bond acceptors (Lipinski definition) is 2. The second-order valence-electron chi connectivity index (χ2n) is 5.10. The molecule has 1 aliphatic carbocycles. The topological polar surface area (TPSA) is 34.9 Å². The van der Waals surface area contributed by atoms with Crippen molar-refractivity contribution in [2.75, 3.05) is 0 Å². The Morgan fingerprint density at radius 1 is 1.22 bits per heavy atom. The molecule has 18 heavy (non-hydrogen) atoms. The molecule has 0 radical (unpaired) electrons. The second-order valence-corrected chi connectivity index (χ2v) is 5.10. The molecule has 0 fully saturated rings. The maximum atomic E-state index is 11.7. The highest BCUT2D eigenvalue weighted by molar-refractivity contribution is 6.01. The van der Waals surface area contributed by atoms with Crippen molar-refractivity contribution in [3.63, 3.8) is 0 Å². The first-order valence-electron chi connectivity index (χ1n) is 6.36. The van der Waals surface area contributed by atoms with Crippen LogP contribution < -0.4 is 0 Å². The average Bonchev–Trinajstić information content (AvgIpc) is 2.96. The third kappa shape index (κ3) is 1.76. The van der Waals surface area contributed by atoms with Crippen LogP contribution in [0, 0.1) is 0 Å². The maximum absolute atomic E-state index is 11.7. The Kier molecular flexibility index (Phi) is 2.54. The van der Waals surface area contributed by atoms with Crippen LogP contribution in [0.4, 0.5) is 0 Å². The number of benzene rings is 1. The number of ketones is 1. The Morgan fingerprint density at radius 2 is 2.06 bits per heavy atom. The first-order valence-corrected chi connectivity index (χ1v) is 6.36. The van der Waals surface area contributed by atoms with E-state index in [0.29, 0.717) is 12.5 Å². The predicted octanol–water partition coefficient (Wildman–Crippen LogP) is 3.26. The maximum Gasteiger partial charge on any atom is 0.163 e. The van der Waals surface area contributed by atoms with Crippen molar-refractivity contribution in [1.82, 2.24) is 9.78 Å². The summed E-state index contributed by atoms with van der Waals surface area (Å²) in [6.45, 7) is 4.20. The lowest BCUT2D eigenvalue weighted by Crippen LogP contribution is -1.99. The van der Waals surface area contributed by atoms with E-state index in [0.717, 1.165) is 23.1 Å². The van der Waals surface area contributed by atoms with Crippen molar-refractivity contribution >= 4 is 5.78 Å². The zero-order valence-electron chi connectivity index (χ0n) is 10.7. The summed E-state index contributed by atoms with van der Waals surface area (Å²) < 4.78 is 1.93. The molecular weight excluding hydrogens is 224 g/mol. The highest BCUT2D eigenvalue weighted by Crippen LogP contribution is 2.28. The molecule has 3 nitrogen and oxygen atoms in total. The standard InChI is InChI=1S/C15H16N2O/c1-10(2)17-9-13(8-16-17)12-4-3-11-5-6-15(18)14(11)7-12/h3-4,7-10H,5-6H2,1-2H3. The molecule has 1 heterocycles. The number of hydrogen-bond donors (Lipinski definition) is 0. The van der Waals surface area contributed by atoms with Gasteiger partial charge in [0.25, 0.3) is 0 Å². The van der Waals surface area contributed by atoms with Gasteiger partial charge in [-0.2, -0.15) is 5.10 Å². The van der Waals surface area contributed by atoms with E-state index in [1.165, 1.54) is 5.56 Å². The van der Waals surface area contributed by atoms with Gasteiger partial charge in [-0.05, 0) is 37.5 Å². The van der Waals surface area contributed by atoms with Crippen molar-refractivity contribution in [3.05, 3.63) is 41.7 Å². The van der Waals surface area contributed by atoms with Gasteiger partial charge in [0.15, 0.2) is 5.78 Å². The smallest absolute Gasteiger partial charge is 0.163 e. The normalized spacial score (nSPS) is 14.3. The van der Waals surface area contributed by atoms with Gasteiger partial charge in [0.1, 0.15) is 0 Å². The molecule has 3 rings (SSSR count). The zero-order valence-corrected chi connectivity index (χ0v) is 10.7. The highest BCUT2D eigenvalue weighted by atomic mass is 16.1. The van der Waals surface area contributed by atoms with Crippen LogP contribution >= 0.6 is 0 Å². The van der Waals surface area contributed by atoms with Crippen molar-refractivity contribution in [2.45, 2.75) is 32.7 Å². The summed E-state index contributed by atoms with van der Waals surface area (Å²) in [5.41, 5.74) is 4.23. The van der Waals surface area contributed by atoms with Gasteiger partial charge in [0.05, 0.1) is 6.20 Å². The van der Waals surface area contributed by atoms with E-state index < -0.39 is 0 Å². The van der Waals surface area contributed by atoms with Crippen LogP contribution in [-0.2, 0) is 6.42 Å². The molecule has 0 N–H and O–H groups in total. The van der Waals surface area contributed by atoms with Gasteiger partial charge in [-0.15, -0.1) is 0 Å². The number of nitrogens with zero attached hydrogens (tertiary/aromatic N) is 2. The Balaban J connectivity index is 2.02. The molecular formula is C15H16N2O. The molecule has 0 atom stereocenters. The summed E-state index contributed by atoms with van der Waals surface area (Å²) in [5.74, 6) is 0.267. The molecule has 1 aromatic heterocycles. The molecule has 3 heteroatoms. The molecule has 92 valence electrons. The average molecular weight is 240 g/mol. The lowest BCUT2D eigenvalue weighted by atomic mass is 10.0. The molecule has 0 saturated heterocycles. The van der Waals surface area contributed by atoms with Gasteiger partial charge in [0.2, 0.25) is 0 Å². The number of aryl methyl sites for hydroxylation is 1. The van der Waals surface area contributed by atoms with Gasteiger partial charge in [-0.1, -0.05) is 12.1 Å². The predicted molar refractivity (Wildman–Crippen MR) is 70.7 cm³/mol. The molecule has 0 amide bonds. The summed E-state index contributed by atoms with van der Waals surface area (Å²) in [4.78, 5) is 11.7. The fraction of sp³-hybridized carbons (Fsp3) is 0.333. The van der Waals surface area contributed by atoms with E-state index in [-0.39, 0.29) is 5.78 Å². The molecule has 0 aliphatic heterocycles. The number of carbonyl (C=O) groups excluding carboxylic acids is 1. The van der Waals surface area contributed by atoms with Gasteiger partial charge >= 0.3 is 0 Å². The van der Waals surface area contributed by atoms with Crippen LogP contribution in [0.3, 0.4) is 0 Å². The van der Waals surface area contributed by atoms with Crippen molar-refractivity contribution in [3.8, 4) is 11.1 Å². The first kappa shape index (κ1) is 11.2. The lowest BCUT2D eigenvalue weighted by Gasteiger charge is -2.04. The van der Waals surface area contributed by atoms with Crippen LogP contribution in [0.5, 0.6) is 0 Å². The van der Waals surface area contributed by atoms with Crippen LogP contribution in [0.25, 0.3) is 11.1 Å². The van der Waals surface area contributed by atoms with Gasteiger partial charge < -0.3 is 0 Å². The van der Waals surface area contributed by atoms with E-state index in [1.54, 1.807) is 0 Å². The molecule has 0 saturated carbocycles. The van der Waals surface area contributed by atoms with Gasteiger partial charge in [-0.25, -0.2) is 0 Å². The summed E-state index contributed by atoms with van der Waals surface area (Å²) >= 11 is 0. The fourth-order valence-corrected chi connectivity index (χ4v) is 2.39. The Labute approximate surface area is 106 Å². The fourth-order valence-electron chi connectivity index (χ4n) is 2.39. The van der Waals surface area contributed by atoms with E-state index >= 15 is 0 Å². The van der Waals surface area contributed by atoms with E-state index in [4.69, 9.17) is 0 Å². The summed E-state index contributed by atoms with van der Waals surface area (Å²) in [6.07, 6.45) is 5.44. The summed E-state index contributed by atoms with van der Waals surface area (Å²) in [7, 11) is 0. The molecule has 0 unspecified atom stereocenters. The zero-order chi connectivity index (χ0) is 12.7. The third-order valence-electron chi connectivity index (χ3n) is 3.50. The Bertz CT molecular complexity index is 611. The van der Waals surface area contributed by atoms with E-state index in [9.17, 15) is 4.79 Å². The van der Waals surface area contributed by atoms with Crippen molar-refractivity contribution < 1.29 is 4.79 Å². The number of carbonyl (C=O) groups is 1. The summed E-state index contributed by atoms with van der Waals surface area (Å²) in [5, 5.41) is 4.34. The van der Waals surface area contributed by atoms with Gasteiger partial charge in [-0.3, -0.25) is 9.48 Å². The van der Waals surface area contributed by atoms with Crippen LogP contribution in [-0.4, -0.2) is 15.6 Å².